The van der Waals surface area contributed by atoms with Crippen molar-refractivity contribution in [3.8, 4) is 0 Å². The Morgan fingerprint density at radius 2 is 2.00 bits per heavy atom. The van der Waals surface area contributed by atoms with Gasteiger partial charge in [0.15, 0.2) is 0 Å². The van der Waals surface area contributed by atoms with E-state index in [1.165, 1.54) is 0 Å². The van der Waals surface area contributed by atoms with Gasteiger partial charge in [-0.25, -0.2) is 0 Å². The summed E-state index contributed by atoms with van der Waals surface area (Å²) in [5.74, 6) is -2.00. The number of anilines is 1. The molecule has 1 aliphatic rings. The van der Waals surface area contributed by atoms with Crippen LogP contribution in [-0.4, -0.2) is 22.1 Å². The highest BCUT2D eigenvalue weighted by Gasteiger charge is 2.41. The zero-order valence-corrected chi connectivity index (χ0v) is 11.4. The largest absolute Gasteiger partial charge is 0.481 e. The molecule has 0 aromatic heterocycles. The molecule has 5 heteroatoms. The number of aliphatic hydroxyl groups is 1. The van der Waals surface area contributed by atoms with Crippen molar-refractivity contribution in [3.05, 3.63) is 29.8 Å². The molecule has 0 aliphatic heterocycles. The van der Waals surface area contributed by atoms with Crippen molar-refractivity contribution in [3.63, 3.8) is 0 Å². The summed E-state index contributed by atoms with van der Waals surface area (Å²) in [5.41, 5.74) is 1.29. The number of amides is 1. The molecular weight excluding hydrogens is 258 g/mol. The lowest BCUT2D eigenvalue weighted by atomic mass is 9.95. The lowest BCUT2D eigenvalue weighted by Crippen LogP contribution is -2.30. The van der Waals surface area contributed by atoms with Crippen LogP contribution in [0.5, 0.6) is 0 Å². The summed E-state index contributed by atoms with van der Waals surface area (Å²) >= 11 is 0. The van der Waals surface area contributed by atoms with Crippen LogP contribution < -0.4 is 5.32 Å². The van der Waals surface area contributed by atoms with Crippen LogP contribution >= 0.6 is 0 Å². The molecule has 0 saturated heterocycles. The van der Waals surface area contributed by atoms with Crippen LogP contribution in [0.1, 0.15) is 25.3 Å². The molecule has 3 unspecified atom stereocenters. The summed E-state index contributed by atoms with van der Waals surface area (Å²) in [6.45, 7) is 1.87. The van der Waals surface area contributed by atoms with E-state index >= 15 is 0 Å². The van der Waals surface area contributed by atoms with E-state index in [9.17, 15) is 14.7 Å². The lowest BCUT2D eigenvalue weighted by Gasteiger charge is -2.15. The number of carboxylic acid groups (broad SMARTS) is 1. The van der Waals surface area contributed by atoms with Crippen LogP contribution in [0.2, 0.25) is 0 Å². The summed E-state index contributed by atoms with van der Waals surface area (Å²) < 4.78 is 0. The highest BCUT2D eigenvalue weighted by Crippen LogP contribution is 2.37. The van der Waals surface area contributed by atoms with Gasteiger partial charge in [0, 0.05) is 5.69 Å². The maximum absolute atomic E-state index is 12.2. The number of aliphatic hydroxyl groups excluding tert-OH is 1. The second-order valence-electron chi connectivity index (χ2n) is 5.48. The molecule has 0 spiro atoms. The maximum Gasteiger partial charge on any atom is 0.307 e. The molecule has 3 atom stereocenters. The highest BCUT2D eigenvalue weighted by molar-refractivity contribution is 5.95. The van der Waals surface area contributed by atoms with Crippen LogP contribution in [0.3, 0.4) is 0 Å². The smallest absolute Gasteiger partial charge is 0.307 e. The van der Waals surface area contributed by atoms with Crippen LogP contribution in [0.4, 0.5) is 5.69 Å². The summed E-state index contributed by atoms with van der Waals surface area (Å²) in [7, 11) is 0. The van der Waals surface area contributed by atoms with Crippen molar-refractivity contribution < 1.29 is 19.8 Å². The first-order chi connectivity index (χ1) is 9.51. The summed E-state index contributed by atoms with van der Waals surface area (Å²) in [5, 5.41) is 21.0. The molecule has 0 radical (unpaired) electrons. The summed E-state index contributed by atoms with van der Waals surface area (Å²) in [6, 6.07) is 6.91. The number of hydrogen-bond donors (Lipinski definition) is 3. The predicted octanol–water partition coefficient (Wildman–Crippen LogP) is 1.86. The van der Waals surface area contributed by atoms with Crippen LogP contribution in [0.25, 0.3) is 0 Å². The molecule has 3 N–H and O–H groups in total. The first-order valence-corrected chi connectivity index (χ1v) is 6.74. The van der Waals surface area contributed by atoms with Crippen LogP contribution in [0.15, 0.2) is 24.3 Å². The zero-order valence-electron chi connectivity index (χ0n) is 11.4. The number of carbonyl (C=O) groups is 2. The Bertz CT molecular complexity index is 514. The zero-order chi connectivity index (χ0) is 14.7. The third kappa shape index (κ3) is 3.17. The van der Waals surface area contributed by atoms with Gasteiger partial charge in [0.2, 0.25) is 5.91 Å². The second kappa shape index (κ2) is 6.05. The molecular formula is C15H19NO4. The van der Waals surface area contributed by atoms with Crippen molar-refractivity contribution >= 4 is 17.6 Å². The Morgan fingerprint density at radius 1 is 1.30 bits per heavy atom. The number of benzene rings is 1. The Balaban J connectivity index is 2.09. The molecule has 1 fully saturated rings. The molecule has 0 heterocycles. The van der Waals surface area contributed by atoms with E-state index in [0.29, 0.717) is 24.1 Å². The maximum atomic E-state index is 12.2. The molecule has 108 valence electrons. The van der Waals surface area contributed by atoms with Gasteiger partial charge in [0.25, 0.3) is 0 Å². The first kappa shape index (κ1) is 14.5. The van der Waals surface area contributed by atoms with E-state index in [0.717, 1.165) is 0 Å². The van der Waals surface area contributed by atoms with Crippen molar-refractivity contribution in [2.45, 2.75) is 26.4 Å². The standard InChI is InChI=1S/C15H19NO4/c1-9-5-12(13(6-9)15(19)20)14(18)16-11-4-2-3-10(7-11)8-17/h2-4,7,9,12-13,17H,5-6,8H2,1H3,(H,16,18)(H,19,20). The quantitative estimate of drug-likeness (QED) is 0.784. The highest BCUT2D eigenvalue weighted by atomic mass is 16.4. The molecule has 1 saturated carbocycles. The summed E-state index contributed by atoms with van der Waals surface area (Å²) in [6.07, 6.45) is 1.15. The SMILES string of the molecule is CC1CC(C(=O)O)C(C(=O)Nc2cccc(CO)c2)C1. The van der Waals surface area contributed by atoms with E-state index in [1.807, 2.05) is 6.92 Å². The number of carboxylic acids is 1. The molecule has 1 aromatic rings. The van der Waals surface area contributed by atoms with Crippen molar-refractivity contribution in [2.75, 3.05) is 5.32 Å². The minimum Gasteiger partial charge on any atom is -0.481 e. The van der Waals surface area contributed by atoms with E-state index in [4.69, 9.17) is 5.11 Å². The van der Waals surface area contributed by atoms with Crippen molar-refractivity contribution in [1.82, 2.24) is 0 Å². The number of hydrogen-bond acceptors (Lipinski definition) is 3. The minimum atomic E-state index is -0.904. The van der Waals surface area contributed by atoms with Crippen LogP contribution in [-0.2, 0) is 16.2 Å². The van der Waals surface area contributed by atoms with Gasteiger partial charge in [-0.2, -0.15) is 0 Å². The monoisotopic (exact) mass is 277 g/mol. The molecule has 20 heavy (non-hydrogen) atoms. The molecule has 2 rings (SSSR count). The molecule has 1 aliphatic carbocycles. The van der Waals surface area contributed by atoms with Crippen molar-refractivity contribution in [2.24, 2.45) is 17.8 Å². The third-order valence-corrected chi connectivity index (χ3v) is 3.83. The Morgan fingerprint density at radius 3 is 2.65 bits per heavy atom. The fraction of sp³-hybridized carbons (Fsp3) is 0.467. The average Bonchev–Trinajstić information content (AvgIpc) is 2.81. The second-order valence-corrected chi connectivity index (χ2v) is 5.48. The van der Waals surface area contributed by atoms with E-state index < -0.39 is 17.8 Å². The number of aliphatic carboxylic acids is 1. The molecule has 1 aromatic carbocycles. The topological polar surface area (TPSA) is 86.6 Å². The van der Waals surface area contributed by atoms with Gasteiger partial charge in [0.05, 0.1) is 18.4 Å². The normalized spacial score (nSPS) is 25.4. The minimum absolute atomic E-state index is 0.0953. The number of rotatable bonds is 4. The number of carbonyl (C=O) groups excluding carboxylic acids is 1. The van der Waals surface area contributed by atoms with Gasteiger partial charge in [-0.15, -0.1) is 0 Å². The fourth-order valence-electron chi connectivity index (χ4n) is 2.84. The predicted molar refractivity (Wildman–Crippen MR) is 74.0 cm³/mol. The van der Waals surface area contributed by atoms with Gasteiger partial charge in [-0.3, -0.25) is 9.59 Å². The van der Waals surface area contributed by atoms with E-state index in [-0.39, 0.29) is 18.4 Å². The van der Waals surface area contributed by atoms with Crippen molar-refractivity contribution in [1.29, 1.82) is 0 Å². The van der Waals surface area contributed by atoms with Crippen LogP contribution in [0, 0.1) is 17.8 Å². The van der Waals surface area contributed by atoms with Gasteiger partial charge in [-0.05, 0) is 36.5 Å². The fourth-order valence-corrected chi connectivity index (χ4v) is 2.84. The Labute approximate surface area is 117 Å². The Hall–Kier alpha value is -1.88. The van der Waals surface area contributed by atoms with Gasteiger partial charge in [0.1, 0.15) is 0 Å². The lowest BCUT2D eigenvalue weighted by molar-refractivity contribution is -0.145. The van der Waals surface area contributed by atoms with Gasteiger partial charge in [-0.1, -0.05) is 19.1 Å². The molecule has 5 nitrogen and oxygen atoms in total. The Kier molecular flexibility index (Phi) is 4.39. The van der Waals surface area contributed by atoms with Gasteiger partial charge < -0.3 is 15.5 Å². The van der Waals surface area contributed by atoms with Gasteiger partial charge >= 0.3 is 5.97 Å². The third-order valence-electron chi connectivity index (χ3n) is 3.83. The van der Waals surface area contributed by atoms with E-state index in [2.05, 4.69) is 5.32 Å². The summed E-state index contributed by atoms with van der Waals surface area (Å²) in [4.78, 5) is 23.4. The number of nitrogens with one attached hydrogen (secondary N) is 1. The first-order valence-electron chi connectivity index (χ1n) is 6.74. The molecule has 0 bridgehead atoms. The van der Waals surface area contributed by atoms with E-state index in [1.54, 1.807) is 24.3 Å². The average molecular weight is 277 g/mol. The molecule has 1 amide bonds.